The lowest BCUT2D eigenvalue weighted by atomic mass is 10.1. The average molecular weight is 339 g/mol. The molecule has 0 bridgehead atoms. The zero-order valence-corrected chi connectivity index (χ0v) is 13.8. The molecule has 3 rings (SSSR count). The fourth-order valence-corrected chi connectivity index (χ4v) is 2.33. The first kappa shape index (κ1) is 16.6. The van der Waals surface area contributed by atoms with E-state index in [0.29, 0.717) is 11.6 Å². The van der Waals surface area contributed by atoms with E-state index in [1.54, 1.807) is 12.1 Å². The summed E-state index contributed by atoms with van der Waals surface area (Å²) in [7, 11) is 4.02. The van der Waals surface area contributed by atoms with Crippen molar-refractivity contribution < 1.29 is 9.34 Å². The predicted molar refractivity (Wildman–Crippen MR) is 93.5 cm³/mol. The zero-order chi connectivity index (χ0) is 17.8. The summed E-state index contributed by atoms with van der Waals surface area (Å²) in [5.74, 6) is 0.379. The molecule has 0 radical (unpaired) electrons. The molecule has 8 heteroatoms. The summed E-state index contributed by atoms with van der Waals surface area (Å²) in [6.07, 6.45) is 0. The number of nitro groups is 1. The number of anilines is 2. The van der Waals surface area contributed by atoms with Gasteiger partial charge in [0.2, 0.25) is 5.89 Å². The van der Waals surface area contributed by atoms with E-state index < -0.39 is 4.92 Å². The van der Waals surface area contributed by atoms with Crippen molar-refractivity contribution in [2.45, 2.75) is 6.54 Å². The highest BCUT2D eigenvalue weighted by Gasteiger charge is 2.11. The van der Waals surface area contributed by atoms with Gasteiger partial charge in [-0.05, 0) is 37.9 Å². The van der Waals surface area contributed by atoms with Crippen LogP contribution in [0.3, 0.4) is 0 Å². The standard InChI is InChI=1S/C17H17N5O3/c1-21(2)11-12-6-8-13(9-7-12)16-19-20-17(25-16)18-14-4-3-5-15(10-14)22(23)24/h3-10H,11H2,1-2H3,(H,18,20). The van der Waals surface area contributed by atoms with Crippen LogP contribution in [0.25, 0.3) is 11.5 Å². The fraction of sp³-hybridized carbons (Fsp3) is 0.176. The Balaban J connectivity index is 1.74. The maximum absolute atomic E-state index is 10.8. The van der Waals surface area contributed by atoms with E-state index in [2.05, 4.69) is 20.4 Å². The summed E-state index contributed by atoms with van der Waals surface area (Å²) in [6, 6.07) is 14.1. The monoisotopic (exact) mass is 339 g/mol. The predicted octanol–water partition coefficient (Wildman–Crippen LogP) is 3.45. The Morgan fingerprint density at radius 2 is 1.92 bits per heavy atom. The summed E-state index contributed by atoms with van der Waals surface area (Å²) in [6.45, 7) is 0.851. The zero-order valence-electron chi connectivity index (χ0n) is 13.8. The molecule has 0 aliphatic carbocycles. The van der Waals surface area contributed by atoms with Crippen LogP contribution in [0.2, 0.25) is 0 Å². The molecule has 8 nitrogen and oxygen atoms in total. The summed E-state index contributed by atoms with van der Waals surface area (Å²) >= 11 is 0. The smallest absolute Gasteiger partial charge is 0.320 e. The van der Waals surface area contributed by atoms with E-state index in [-0.39, 0.29) is 11.7 Å². The SMILES string of the molecule is CN(C)Cc1ccc(-c2nnc(Nc3cccc([N+](=O)[O-])c3)o2)cc1. The van der Waals surface area contributed by atoms with Crippen molar-refractivity contribution in [3.63, 3.8) is 0 Å². The third-order valence-electron chi connectivity index (χ3n) is 3.43. The number of nitrogens with one attached hydrogen (secondary N) is 1. The Kier molecular flexibility index (Phi) is 4.71. The van der Waals surface area contributed by atoms with Crippen LogP contribution in [0, 0.1) is 10.1 Å². The van der Waals surface area contributed by atoms with Gasteiger partial charge < -0.3 is 14.6 Å². The molecule has 25 heavy (non-hydrogen) atoms. The molecular formula is C17H17N5O3. The minimum Gasteiger partial charge on any atom is -0.403 e. The highest BCUT2D eigenvalue weighted by molar-refractivity contribution is 5.59. The van der Waals surface area contributed by atoms with Gasteiger partial charge >= 0.3 is 6.01 Å². The van der Waals surface area contributed by atoms with E-state index in [0.717, 1.165) is 12.1 Å². The average Bonchev–Trinajstić information content (AvgIpc) is 3.03. The van der Waals surface area contributed by atoms with Crippen molar-refractivity contribution >= 4 is 17.4 Å². The molecule has 0 spiro atoms. The van der Waals surface area contributed by atoms with Gasteiger partial charge in [0.25, 0.3) is 5.69 Å². The highest BCUT2D eigenvalue weighted by Crippen LogP contribution is 2.24. The lowest BCUT2D eigenvalue weighted by Gasteiger charge is -2.09. The molecule has 2 aromatic carbocycles. The van der Waals surface area contributed by atoms with Crippen molar-refractivity contribution in [2.75, 3.05) is 19.4 Å². The fourth-order valence-electron chi connectivity index (χ4n) is 2.33. The van der Waals surface area contributed by atoms with E-state index in [1.807, 2.05) is 38.4 Å². The Hall–Kier alpha value is -3.26. The minimum atomic E-state index is -0.459. The molecule has 0 aliphatic heterocycles. The second kappa shape index (κ2) is 7.10. The number of hydrogen-bond acceptors (Lipinski definition) is 7. The van der Waals surface area contributed by atoms with Gasteiger partial charge in [0.05, 0.1) is 4.92 Å². The van der Waals surface area contributed by atoms with Crippen LogP contribution in [0.5, 0.6) is 0 Å². The molecule has 0 saturated carbocycles. The molecule has 0 amide bonds. The van der Waals surface area contributed by atoms with Crippen LogP contribution in [0.4, 0.5) is 17.4 Å². The first-order valence-corrected chi connectivity index (χ1v) is 7.60. The number of benzene rings is 2. The second-order valence-electron chi connectivity index (χ2n) is 5.78. The number of non-ortho nitro benzene ring substituents is 1. The van der Waals surface area contributed by atoms with E-state index in [1.165, 1.54) is 17.7 Å². The van der Waals surface area contributed by atoms with Crippen LogP contribution in [0.1, 0.15) is 5.56 Å². The Morgan fingerprint density at radius 1 is 1.16 bits per heavy atom. The van der Waals surface area contributed by atoms with Crippen LogP contribution in [-0.2, 0) is 6.54 Å². The molecular weight excluding hydrogens is 322 g/mol. The van der Waals surface area contributed by atoms with Crippen LogP contribution in [0.15, 0.2) is 52.9 Å². The minimum absolute atomic E-state index is 0.0128. The molecule has 128 valence electrons. The molecule has 1 N–H and O–H groups in total. The Labute approximate surface area is 144 Å². The molecule has 1 aromatic heterocycles. The molecule has 0 unspecified atom stereocenters. The molecule has 3 aromatic rings. The lowest BCUT2D eigenvalue weighted by Crippen LogP contribution is -2.10. The quantitative estimate of drug-likeness (QED) is 0.542. The number of rotatable bonds is 6. The molecule has 0 fully saturated rings. The first-order chi connectivity index (χ1) is 12.0. The van der Waals surface area contributed by atoms with Gasteiger partial charge in [0, 0.05) is 29.9 Å². The van der Waals surface area contributed by atoms with Gasteiger partial charge in [0.1, 0.15) is 0 Å². The number of aromatic nitrogens is 2. The molecule has 1 heterocycles. The van der Waals surface area contributed by atoms with Crippen molar-refractivity contribution in [1.82, 2.24) is 15.1 Å². The van der Waals surface area contributed by atoms with Crippen molar-refractivity contribution in [2.24, 2.45) is 0 Å². The van der Waals surface area contributed by atoms with Gasteiger partial charge in [-0.15, -0.1) is 5.10 Å². The Morgan fingerprint density at radius 3 is 2.60 bits per heavy atom. The van der Waals surface area contributed by atoms with E-state index in [4.69, 9.17) is 4.42 Å². The first-order valence-electron chi connectivity index (χ1n) is 7.60. The van der Waals surface area contributed by atoms with E-state index >= 15 is 0 Å². The highest BCUT2D eigenvalue weighted by atomic mass is 16.6. The summed E-state index contributed by atoms with van der Waals surface area (Å²) in [5.41, 5.74) is 2.48. The van der Waals surface area contributed by atoms with Gasteiger partial charge in [-0.3, -0.25) is 10.1 Å². The molecule has 0 saturated heterocycles. The third-order valence-corrected chi connectivity index (χ3v) is 3.43. The number of hydrogen-bond donors (Lipinski definition) is 1. The van der Waals surface area contributed by atoms with Crippen molar-refractivity contribution in [3.8, 4) is 11.5 Å². The normalized spacial score (nSPS) is 10.8. The Bertz CT molecular complexity index is 874. The number of nitro benzene ring substituents is 1. The van der Waals surface area contributed by atoms with Crippen molar-refractivity contribution in [3.05, 3.63) is 64.2 Å². The van der Waals surface area contributed by atoms with Gasteiger partial charge in [-0.2, -0.15) is 0 Å². The largest absolute Gasteiger partial charge is 0.403 e. The summed E-state index contributed by atoms with van der Waals surface area (Å²) in [5, 5.41) is 21.6. The molecule has 0 aliphatic rings. The number of nitrogens with zero attached hydrogens (tertiary/aromatic N) is 4. The van der Waals surface area contributed by atoms with Crippen LogP contribution < -0.4 is 5.32 Å². The van der Waals surface area contributed by atoms with Gasteiger partial charge in [-0.1, -0.05) is 23.3 Å². The van der Waals surface area contributed by atoms with E-state index in [9.17, 15) is 10.1 Å². The summed E-state index contributed by atoms with van der Waals surface area (Å²) in [4.78, 5) is 12.4. The topological polar surface area (TPSA) is 97.3 Å². The van der Waals surface area contributed by atoms with Gasteiger partial charge in [0.15, 0.2) is 0 Å². The second-order valence-corrected chi connectivity index (χ2v) is 5.78. The van der Waals surface area contributed by atoms with Gasteiger partial charge in [-0.25, -0.2) is 0 Å². The molecule has 0 atom stereocenters. The third kappa shape index (κ3) is 4.18. The maximum Gasteiger partial charge on any atom is 0.320 e. The van der Waals surface area contributed by atoms with Crippen LogP contribution >= 0.6 is 0 Å². The summed E-state index contributed by atoms with van der Waals surface area (Å²) < 4.78 is 5.58. The van der Waals surface area contributed by atoms with Crippen LogP contribution in [-0.4, -0.2) is 34.1 Å². The maximum atomic E-state index is 10.8. The van der Waals surface area contributed by atoms with Crippen molar-refractivity contribution in [1.29, 1.82) is 0 Å². The lowest BCUT2D eigenvalue weighted by molar-refractivity contribution is -0.384.